The lowest BCUT2D eigenvalue weighted by molar-refractivity contribution is 0.311. The maximum Gasteiger partial charge on any atom is 0.0174 e. The van der Waals surface area contributed by atoms with Gasteiger partial charge in [-0.2, -0.15) is 11.8 Å². The van der Waals surface area contributed by atoms with Crippen molar-refractivity contribution in [2.24, 2.45) is 0 Å². The zero-order valence-corrected chi connectivity index (χ0v) is 11.2. The Kier molecular flexibility index (Phi) is 8.42. The molecule has 0 spiro atoms. The van der Waals surface area contributed by atoms with E-state index in [0.717, 1.165) is 0 Å². The first kappa shape index (κ1) is 13.7. The average Bonchev–Trinajstić information content (AvgIpc) is 2.11. The second-order valence-corrected chi connectivity index (χ2v) is 5.61. The molecule has 0 N–H and O–H groups in total. The van der Waals surface area contributed by atoms with E-state index in [4.69, 9.17) is 0 Å². The topological polar surface area (TPSA) is 3.24 Å². The van der Waals surface area contributed by atoms with Crippen molar-refractivity contribution in [3.63, 3.8) is 0 Å². The van der Waals surface area contributed by atoms with Gasteiger partial charge in [-0.25, -0.2) is 4.31 Å². The van der Waals surface area contributed by atoms with Crippen molar-refractivity contribution in [3.8, 4) is 0 Å². The molecule has 0 saturated carbocycles. The summed E-state index contributed by atoms with van der Waals surface area (Å²) in [6, 6.07) is 1.36. The van der Waals surface area contributed by atoms with Gasteiger partial charge in [-0.05, 0) is 33.4 Å². The van der Waals surface area contributed by atoms with Crippen LogP contribution < -0.4 is 0 Å². The van der Waals surface area contributed by atoms with Gasteiger partial charge in [0.1, 0.15) is 0 Å². The molecule has 1 nitrogen and oxygen atoms in total. The van der Waals surface area contributed by atoms with E-state index in [9.17, 15) is 0 Å². The molecule has 0 aliphatic heterocycles. The summed E-state index contributed by atoms with van der Waals surface area (Å²) < 4.78 is 2.52. The largest absolute Gasteiger partial charge is 0.245 e. The van der Waals surface area contributed by atoms with Crippen molar-refractivity contribution >= 4 is 23.7 Å². The monoisotopic (exact) mass is 221 g/mol. The third-order valence-corrected chi connectivity index (χ3v) is 4.40. The Hall–Kier alpha value is 0.660. The first-order valence-electron chi connectivity index (χ1n) is 5.03. The van der Waals surface area contributed by atoms with Crippen LogP contribution in [0.3, 0.4) is 0 Å². The fraction of sp³-hybridized carbons (Fsp3) is 1.00. The van der Waals surface area contributed by atoms with E-state index in [-0.39, 0.29) is 0 Å². The molecule has 0 bridgehead atoms. The van der Waals surface area contributed by atoms with Crippen molar-refractivity contribution in [2.45, 2.75) is 46.2 Å². The highest BCUT2D eigenvalue weighted by Gasteiger charge is 2.15. The van der Waals surface area contributed by atoms with E-state index in [1.54, 1.807) is 0 Å². The van der Waals surface area contributed by atoms with Crippen LogP contribution in [0.15, 0.2) is 0 Å². The van der Waals surface area contributed by atoms with Gasteiger partial charge in [0.05, 0.1) is 0 Å². The minimum atomic E-state index is 0.654. The molecule has 0 saturated heterocycles. The van der Waals surface area contributed by atoms with E-state index < -0.39 is 0 Å². The Labute approximate surface area is 92.2 Å². The van der Waals surface area contributed by atoms with Crippen LogP contribution in [0.2, 0.25) is 0 Å². The molecule has 0 rings (SSSR count). The van der Waals surface area contributed by atoms with Crippen molar-refractivity contribution in [1.82, 2.24) is 4.31 Å². The first-order valence-corrected chi connectivity index (χ1v) is 7.37. The van der Waals surface area contributed by atoms with Gasteiger partial charge in [0.15, 0.2) is 0 Å². The SMILES string of the molecule is CCC(C)N(SCCSC)C(C)C. The lowest BCUT2D eigenvalue weighted by atomic mass is 10.2. The molecule has 1 unspecified atom stereocenters. The van der Waals surface area contributed by atoms with Crippen LogP contribution in [-0.4, -0.2) is 34.2 Å². The zero-order valence-electron chi connectivity index (χ0n) is 9.54. The third kappa shape index (κ3) is 5.87. The Bertz CT molecular complexity index is 117. The van der Waals surface area contributed by atoms with E-state index in [2.05, 4.69) is 38.3 Å². The maximum absolute atomic E-state index is 2.52. The quantitative estimate of drug-likeness (QED) is 0.478. The normalized spacial score (nSPS) is 14.1. The lowest BCUT2D eigenvalue weighted by Crippen LogP contribution is -2.32. The molecule has 0 amide bonds. The summed E-state index contributed by atoms with van der Waals surface area (Å²) in [7, 11) is 0. The Morgan fingerprint density at radius 3 is 2.15 bits per heavy atom. The van der Waals surface area contributed by atoms with Crippen molar-refractivity contribution in [1.29, 1.82) is 0 Å². The Morgan fingerprint density at radius 2 is 1.77 bits per heavy atom. The molecule has 0 radical (unpaired) electrons. The summed E-state index contributed by atoms with van der Waals surface area (Å²) in [4.78, 5) is 0. The standard InChI is InChI=1S/C10H23NS2/c1-6-10(4)11(9(2)3)13-8-7-12-5/h9-10H,6-8H2,1-5H3. The van der Waals surface area contributed by atoms with E-state index >= 15 is 0 Å². The molecule has 80 valence electrons. The molecule has 1 atom stereocenters. The molecule has 0 aromatic heterocycles. The minimum Gasteiger partial charge on any atom is -0.245 e. The average molecular weight is 221 g/mol. The number of rotatable bonds is 7. The van der Waals surface area contributed by atoms with Crippen molar-refractivity contribution < 1.29 is 0 Å². The van der Waals surface area contributed by atoms with Gasteiger partial charge in [-0.15, -0.1) is 0 Å². The van der Waals surface area contributed by atoms with Crippen molar-refractivity contribution in [2.75, 3.05) is 17.8 Å². The molecule has 0 aromatic carbocycles. The highest BCUT2D eigenvalue weighted by molar-refractivity contribution is 8.01. The number of hydrogen-bond acceptors (Lipinski definition) is 3. The molecule has 13 heavy (non-hydrogen) atoms. The van der Waals surface area contributed by atoms with Crippen LogP contribution in [0.25, 0.3) is 0 Å². The van der Waals surface area contributed by atoms with Crippen LogP contribution >= 0.6 is 23.7 Å². The summed E-state index contributed by atoms with van der Waals surface area (Å²) in [6.45, 7) is 9.12. The molecular weight excluding hydrogens is 198 g/mol. The number of nitrogens with zero attached hydrogens (tertiary/aromatic N) is 1. The molecule has 0 aliphatic carbocycles. The first-order chi connectivity index (χ1) is 6.13. The Morgan fingerprint density at radius 1 is 1.15 bits per heavy atom. The smallest absolute Gasteiger partial charge is 0.0174 e. The van der Waals surface area contributed by atoms with Gasteiger partial charge >= 0.3 is 0 Å². The van der Waals surface area contributed by atoms with Gasteiger partial charge in [0.25, 0.3) is 0 Å². The van der Waals surface area contributed by atoms with Gasteiger partial charge in [-0.3, -0.25) is 0 Å². The second-order valence-electron chi connectivity index (χ2n) is 3.54. The van der Waals surface area contributed by atoms with E-state index in [1.807, 2.05) is 23.7 Å². The summed E-state index contributed by atoms with van der Waals surface area (Å²) in [5, 5.41) is 0. The molecule has 0 aromatic rings. The third-order valence-electron chi connectivity index (χ3n) is 2.06. The highest BCUT2D eigenvalue weighted by atomic mass is 32.2. The molecule has 3 heteroatoms. The van der Waals surface area contributed by atoms with E-state index in [0.29, 0.717) is 12.1 Å². The summed E-state index contributed by atoms with van der Waals surface area (Å²) in [6.07, 6.45) is 3.41. The summed E-state index contributed by atoms with van der Waals surface area (Å²) in [5.41, 5.74) is 0. The van der Waals surface area contributed by atoms with Crippen LogP contribution in [0, 0.1) is 0 Å². The predicted molar refractivity (Wildman–Crippen MR) is 67.6 cm³/mol. The van der Waals surface area contributed by atoms with Crippen molar-refractivity contribution in [3.05, 3.63) is 0 Å². The predicted octanol–water partition coefficient (Wildman–Crippen LogP) is 3.51. The van der Waals surface area contributed by atoms with E-state index in [1.165, 1.54) is 17.9 Å². The number of thioether (sulfide) groups is 1. The van der Waals surface area contributed by atoms with Crippen LogP contribution in [0.5, 0.6) is 0 Å². The molecule has 0 aliphatic rings. The zero-order chi connectivity index (χ0) is 10.3. The number of hydrogen-bond donors (Lipinski definition) is 0. The van der Waals surface area contributed by atoms with Crippen LogP contribution in [-0.2, 0) is 0 Å². The fourth-order valence-electron chi connectivity index (χ4n) is 1.19. The lowest BCUT2D eigenvalue weighted by Gasteiger charge is -2.30. The molecule has 0 fully saturated rings. The van der Waals surface area contributed by atoms with Crippen LogP contribution in [0.1, 0.15) is 34.1 Å². The van der Waals surface area contributed by atoms with Gasteiger partial charge in [0, 0.05) is 23.6 Å². The second kappa shape index (κ2) is 8.01. The van der Waals surface area contributed by atoms with Gasteiger partial charge < -0.3 is 0 Å². The molecule has 0 heterocycles. The maximum atomic E-state index is 2.52. The fourth-order valence-corrected chi connectivity index (χ4v) is 3.07. The summed E-state index contributed by atoms with van der Waals surface area (Å²) in [5.74, 6) is 2.49. The van der Waals surface area contributed by atoms with Crippen LogP contribution in [0.4, 0.5) is 0 Å². The minimum absolute atomic E-state index is 0.654. The van der Waals surface area contributed by atoms with Gasteiger partial charge in [-0.1, -0.05) is 18.9 Å². The molecular formula is C10H23NS2. The van der Waals surface area contributed by atoms with Gasteiger partial charge in [0.2, 0.25) is 0 Å². The highest BCUT2D eigenvalue weighted by Crippen LogP contribution is 2.20. The summed E-state index contributed by atoms with van der Waals surface area (Å²) >= 11 is 3.93. The Balaban J connectivity index is 3.80.